The Morgan fingerprint density at radius 3 is 2.54 bits per heavy atom. The van der Waals surface area contributed by atoms with E-state index in [0.717, 1.165) is 47.9 Å². The Morgan fingerprint density at radius 1 is 0.970 bits per heavy atom. The molecule has 3 aromatic carbocycles. The Kier molecular flexibility index (Phi) is 10.9. The predicted octanol–water partition coefficient (Wildman–Crippen LogP) is 3.15. The van der Waals surface area contributed by atoms with Crippen molar-refractivity contribution in [1.29, 1.82) is 0 Å². The van der Waals surface area contributed by atoms with Crippen molar-refractivity contribution < 1.29 is 70.1 Å². The Morgan fingerprint density at radius 2 is 1.79 bits per heavy atom. The van der Waals surface area contributed by atoms with E-state index in [1.165, 1.54) is 30.6 Å². The molecule has 2 aliphatic heterocycles. The molecule has 2 fully saturated rings. The van der Waals surface area contributed by atoms with Crippen LogP contribution >= 0.6 is 0 Å². The maximum absolute atomic E-state index is 15.3. The summed E-state index contributed by atoms with van der Waals surface area (Å²) in [6.07, 6.45) is 8.22. The first-order valence-electron chi connectivity index (χ1n) is 22.6. The van der Waals surface area contributed by atoms with Gasteiger partial charge < -0.3 is 65.5 Å². The number of aromatic amines is 1. The summed E-state index contributed by atoms with van der Waals surface area (Å²) in [6.45, 7) is -1.16. The number of rotatable bonds is 10. The molecule has 1 saturated carbocycles. The number of aliphatic hydroxyl groups is 6. The summed E-state index contributed by atoms with van der Waals surface area (Å²) >= 11 is 0. The molecule has 3 heterocycles. The van der Waals surface area contributed by atoms with Crippen molar-refractivity contribution in [3.63, 3.8) is 0 Å². The number of aromatic hydroxyl groups is 3. The highest BCUT2D eigenvalue weighted by atomic mass is 16.8. The molecule has 17 heteroatoms. The van der Waals surface area contributed by atoms with Gasteiger partial charge in [0, 0.05) is 70.9 Å². The monoisotopic (exact) mass is 919 g/mol. The number of phenols is 3. The van der Waals surface area contributed by atoms with Crippen molar-refractivity contribution >= 4 is 23.6 Å². The van der Waals surface area contributed by atoms with Crippen molar-refractivity contribution in [3.8, 4) is 23.0 Å². The van der Waals surface area contributed by atoms with Gasteiger partial charge in [-0.25, -0.2) is 9.78 Å². The van der Waals surface area contributed by atoms with E-state index in [-0.39, 0.29) is 48.1 Å². The van der Waals surface area contributed by atoms with Crippen LogP contribution in [-0.4, -0.2) is 122 Å². The molecule has 0 unspecified atom stereocenters. The molecule has 0 radical (unpaired) electrons. The van der Waals surface area contributed by atoms with Crippen LogP contribution < -0.4 is 9.64 Å². The third kappa shape index (κ3) is 6.50. The number of imidazole rings is 1. The topological polar surface area (TPSA) is 287 Å². The Bertz CT molecular complexity index is 2720. The normalized spacial score (nSPS) is 33.9. The van der Waals surface area contributed by atoms with Gasteiger partial charge in [-0.1, -0.05) is 48.8 Å². The minimum atomic E-state index is -3.18. The zero-order chi connectivity index (χ0) is 47.2. The van der Waals surface area contributed by atoms with Crippen LogP contribution in [0.25, 0.3) is 6.08 Å². The largest absolute Gasteiger partial charge is 0.508 e. The average molecular weight is 920 g/mol. The summed E-state index contributed by atoms with van der Waals surface area (Å²) < 4.78 is 11.1. The highest BCUT2D eigenvalue weighted by Crippen LogP contribution is 2.76. The zero-order valence-electron chi connectivity index (χ0n) is 36.3. The second kappa shape index (κ2) is 16.3. The summed E-state index contributed by atoms with van der Waals surface area (Å²) in [5.74, 6) is -8.31. The number of phenolic OH excluding ortho intramolecular Hbond substituents is 3. The lowest BCUT2D eigenvalue weighted by Gasteiger charge is -2.62. The fourth-order valence-corrected chi connectivity index (χ4v) is 12.8. The van der Waals surface area contributed by atoms with Gasteiger partial charge in [-0.05, 0) is 91.1 Å². The number of amides is 1. The third-order valence-electron chi connectivity index (χ3n) is 15.6. The van der Waals surface area contributed by atoms with Crippen molar-refractivity contribution in [2.75, 3.05) is 18.1 Å². The minimum absolute atomic E-state index is 0.00282. The molecule has 4 aliphatic carbocycles. The fraction of sp³-hybridized carbons (Fsp3) is 0.420. The lowest BCUT2D eigenvalue weighted by atomic mass is 9.40. The van der Waals surface area contributed by atoms with Crippen molar-refractivity contribution in [2.24, 2.45) is 17.3 Å². The van der Waals surface area contributed by atoms with E-state index in [1.54, 1.807) is 36.5 Å². The number of carbonyl (C=O) groups is 2. The number of aromatic nitrogens is 2. The van der Waals surface area contributed by atoms with Crippen molar-refractivity contribution in [3.05, 3.63) is 124 Å². The van der Waals surface area contributed by atoms with E-state index in [2.05, 4.69) is 9.97 Å². The summed E-state index contributed by atoms with van der Waals surface area (Å²) in [4.78, 5) is 38.2. The predicted molar refractivity (Wildman–Crippen MR) is 238 cm³/mol. The number of allylic oxidation sites excluding steroid dienone is 2. The number of carboxylic acid groups (broad SMARTS) is 1. The molecule has 352 valence electrons. The molecular formula is C50H53N3O14. The molecule has 11 atom stereocenters. The van der Waals surface area contributed by atoms with Crippen LogP contribution in [0.5, 0.6) is 23.0 Å². The van der Waals surface area contributed by atoms with Crippen LogP contribution in [0.15, 0.2) is 90.9 Å². The first-order chi connectivity index (χ1) is 32.1. The maximum atomic E-state index is 15.3. The van der Waals surface area contributed by atoms with Gasteiger partial charge >= 0.3 is 11.9 Å². The van der Waals surface area contributed by atoms with E-state index >= 15 is 4.79 Å². The molecule has 17 nitrogen and oxygen atoms in total. The second-order valence-electron chi connectivity index (χ2n) is 18.9. The highest BCUT2D eigenvalue weighted by Gasteiger charge is 2.76. The second-order valence-corrected chi connectivity index (χ2v) is 18.9. The fourth-order valence-electron chi connectivity index (χ4n) is 12.8. The Labute approximate surface area is 384 Å². The molecule has 4 aromatic rings. The van der Waals surface area contributed by atoms with Gasteiger partial charge in [0.15, 0.2) is 23.1 Å². The molecule has 1 saturated heterocycles. The number of benzene rings is 3. The first kappa shape index (κ1) is 44.8. The van der Waals surface area contributed by atoms with Gasteiger partial charge in [-0.15, -0.1) is 0 Å². The Balaban J connectivity index is 1.19. The van der Waals surface area contributed by atoms with E-state index in [9.17, 15) is 55.9 Å². The quantitative estimate of drug-likeness (QED) is 0.0619. The number of nitrogens with zero attached hydrogens (tertiary/aromatic N) is 2. The molecule has 11 N–H and O–H groups in total. The third-order valence-corrected chi connectivity index (χ3v) is 15.6. The summed E-state index contributed by atoms with van der Waals surface area (Å²) in [5, 5.41) is 111. The summed E-state index contributed by atoms with van der Waals surface area (Å²) in [5.41, 5.74) is -0.295. The van der Waals surface area contributed by atoms with E-state index < -0.39 is 88.6 Å². The van der Waals surface area contributed by atoms with E-state index in [4.69, 9.17) is 9.47 Å². The number of anilines is 1. The van der Waals surface area contributed by atoms with Crippen LogP contribution in [0.3, 0.4) is 0 Å². The van der Waals surface area contributed by atoms with Gasteiger partial charge in [0.05, 0.1) is 18.6 Å². The number of fused-ring (bicyclic) bond motifs is 9. The number of aliphatic carboxylic acids is 1. The standard InChI is InChI=1S/C50H53N3O14/c54-23-27-13-15-48(47-14-2-1-5-30(47)10-9-28-4-3-6-36(57)41(28)47)31(17-27)21-49(46(63)64)44(48)33-19-37(58)38(66-50(65)45(62)43(61)42(60)39(24-55)67-50)20-34(33)53(49)40(59)12-8-26-7-11-35(56)29(16-26)18-32-22-51-25-52-32/h3-4,6-8,11-13,15-16,19-22,25,27,30,39,42-45,54-58,60-62,65H,1-2,5,9-10,14,17-18,23-24H2,(H,51,52)(H,63,64)/b12-8+/t27-,30+,39+,42+,43-,44-,45+,47-,48-,49+,50-/m0/s1. The number of hydrogen-bond acceptors (Lipinski definition) is 14. The SMILES string of the molecule is O=C(/C=C/c1ccc(O)c(Cc2cnc[nH]2)c1)N1c2cc(O[C@]3(O)O[C@H](CO)[C@@H](O)[C@H](O)[C@H]3O)c(O)cc2[C@@H]2[C@@]1(C(=O)O)C=C1C[C@@H](CO)C=C[C@]12[C@@]12CCCC[C@@H]1CCc1cccc(O)c12. The number of aryl methyl sites for hydroxylation is 1. The lowest BCUT2D eigenvalue weighted by Crippen LogP contribution is -2.67. The molecule has 1 aromatic heterocycles. The average Bonchev–Trinajstić information content (AvgIpc) is 4.02. The number of aliphatic hydroxyl groups excluding tert-OH is 5. The molecule has 10 rings (SSSR count). The van der Waals surface area contributed by atoms with E-state index in [1.807, 2.05) is 18.2 Å². The van der Waals surface area contributed by atoms with Crippen LogP contribution in [0, 0.1) is 17.3 Å². The summed E-state index contributed by atoms with van der Waals surface area (Å²) in [7, 11) is 0. The number of carbonyl (C=O) groups excluding carboxylic acids is 1. The molecular weight excluding hydrogens is 867 g/mol. The minimum Gasteiger partial charge on any atom is -0.508 e. The van der Waals surface area contributed by atoms with Gasteiger partial charge in [-0.3, -0.25) is 9.69 Å². The molecule has 0 bridgehead atoms. The Hall–Kier alpha value is -6.05. The van der Waals surface area contributed by atoms with Crippen LogP contribution in [0.2, 0.25) is 0 Å². The maximum Gasteiger partial charge on any atom is 0.355 e. The highest BCUT2D eigenvalue weighted by molar-refractivity contribution is 6.13. The van der Waals surface area contributed by atoms with E-state index in [0.29, 0.717) is 35.1 Å². The van der Waals surface area contributed by atoms with Gasteiger partial charge in [0.1, 0.15) is 29.8 Å². The van der Waals surface area contributed by atoms with Crippen LogP contribution in [-0.2, 0) is 32.6 Å². The molecule has 67 heavy (non-hydrogen) atoms. The number of hydrogen-bond donors (Lipinski definition) is 11. The van der Waals surface area contributed by atoms with Crippen molar-refractivity contribution in [2.45, 2.75) is 98.6 Å². The molecule has 6 aliphatic rings. The first-order valence-corrected chi connectivity index (χ1v) is 22.6. The van der Waals surface area contributed by atoms with Gasteiger partial charge in [0.25, 0.3) is 5.91 Å². The van der Waals surface area contributed by atoms with Crippen molar-refractivity contribution in [1.82, 2.24) is 9.97 Å². The molecule has 0 spiro atoms. The lowest BCUT2D eigenvalue weighted by molar-refractivity contribution is -0.422. The van der Waals surface area contributed by atoms with Crippen LogP contribution in [0.1, 0.15) is 78.0 Å². The molecule has 1 amide bonds. The number of carboxylic acids is 1. The number of nitrogens with one attached hydrogen (secondary N) is 1. The van der Waals surface area contributed by atoms with Gasteiger partial charge in [-0.2, -0.15) is 0 Å². The van der Waals surface area contributed by atoms with Gasteiger partial charge in [0.2, 0.25) is 0 Å². The zero-order valence-corrected chi connectivity index (χ0v) is 36.3. The number of ether oxygens (including phenoxy) is 2. The van der Waals surface area contributed by atoms with Crippen LogP contribution in [0.4, 0.5) is 5.69 Å². The number of H-pyrrole nitrogens is 1. The summed E-state index contributed by atoms with van der Waals surface area (Å²) in [6, 6.07) is 12.6. The smallest absolute Gasteiger partial charge is 0.355 e.